The first-order chi connectivity index (χ1) is 14.8. The molecule has 2 aromatic rings. The molecule has 1 heterocycles. The fraction of sp³-hybridized carbons (Fsp3) is 0.364. The molecule has 1 fully saturated rings. The Morgan fingerprint density at radius 3 is 2.62 bits per heavy atom. The van der Waals surface area contributed by atoms with Crippen molar-refractivity contribution in [1.29, 1.82) is 0 Å². The van der Waals surface area contributed by atoms with Crippen LogP contribution in [0.5, 0.6) is 17.2 Å². The van der Waals surface area contributed by atoms with E-state index >= 15 is 0 Å². The van der Waals surface area contributed by atoms with E-state index < -0.39 is 24.6 Å². The van der Waals surface area contributed by atoms with Gasteiger partial charge in [-0.3, -0.25) is 4.79 Å². The van der Waals surface area contributed by atoms with E-state index in [1.165, 1.54) is 7.11 Å². The lowest BCUT2D eigenvalue weighted by atomic mass is 9.98. The van der Waals surface area contributed by atoms with Crippen LogP contribution in [0.3, 0.4) is 0 Å². The van der Waals surface area contributed by atoms with Gasteiger partial charge >= 0.3 is 11.9 Å². The van der Waals surface area contributed by atoms with E-state index in [2.05, 4.69) is 0 Å². The summed E-state index contributed by atoms with van der Waals surface area (Å²) in [5.74, 6) is -0.724. The Hall–Kier alpha value is -3.22. The summed E-state index contributed by atoms with van der Waals surface area (Å²) in [5.41, 5.74) is 1.59. The second kappa shape index (κ2) is 6.99. The number of esters is 1. The first-order valence-electron chi connectivity index (χ1n) is 10.3. The molecule has 0 aromatic heterocycles. The third-order valence-electron chi connectivity index (χ3n) is 5.69. The second-order valence-corrected chi connectivity index (χ2v) is 7.26. The van der Waals surface area contributed by atoms with Gasteiger partial charge in [0.25, 0.3) is 0 Å². The number of carboxylic acids is 1. The molecule has 0 saturated heterocycles. The summed E-state index contributed by atoms with van der Waals surface area (Å²) in [6.45, 7) is 1.87. The molecule has 1 aliphatic carbocycles. The minimum absolute atomic E-state index is 0.142. The molecular formula is C22H22O7. The molecule has 1 aliphatic heterocycles. The zero-order chi connectivity index (χ0) is 22.3. The van der Waals surface area contributed by atoms with Crippen molar-refractivity contribution in [2.24, 2.45) is 5.41 Å². The lowest BCUT2D eigenvalue weighted by molar-refractivity contribution is -0.146. The van der Waals surface area contributed by atoms with Crippen molar-refractivity contribution in [2.75, 3.05) is 14.2 Å². The highest BCUT2D eigenvalue weighted by atomic mass is 16.5. The number of carbonyl (C=O) groups is 2. The number of hydrogen-bond acceptors (Lipinski definition) is 6. The Bertz CT molecular complexity index is 1050. The van der Waals surface area contributed by atoms with Crippen molar-refractivity contribution in [3.8, 4) is 28.4 Å². The molecule has 0 radical (unpaired) electrons. The Kier molecular flexibility index (Phi) is 4.03. The van der Waals surface area contributed by atoms with E-state index in [1.54, 1.807) is 31.2 Å². The van der Waals surface area contributed by atoms with Gasteiger partial charge in [-0.05, 0) is 49.6 Å². The Morgan fingerprint density at radius 2 is 1.97 bits per heavy atom. The van der Waals surface area contributed by atoms with Crippen LogP contribution < -0.4 is 14.2 Å². The predicted molar refractivity (Wildman–Crippen MR) is 103 cm³/mol. The molecule has 0 amide bonds. The van der Waals surface area contributed by atoms with Crippen LogP contribution in [0.25, 0.3) is 11.1 Å². The summed E-state index contributed by atoms with van der Waals surface area (Å²) < 4.78 is 36.8. The quantitative estimate of drug-likeness (QED) is 0.709. The molecular weight excluding hydrogens is 376 g/mol. The lowest BCUT2D eigenvalue weighted by Crippen LogP contribution is -2.32. The molecule has 2 aromatic carbocycles. The normalized spacial score (nSPS) is 18.2. The van der Waals surface area contributed by atoms with Gasteiger partial charge in [0, 0.05) is 11.1 Å². The molecule has 7 heteroatoms. The topological polar surface area (TPSA) is 91.3 Å². The number of hydrogen-bond donors (Lipinski definition) is 1. The second-order valence-electron chi connectivity index (χ2n) is 7.26. The maximum atomic E-state index is 11.8. The molecule has 4 rings (SSSR count). The molecule has 7 nitrogen and oxygen atoms in total. The number of methoxy groups -OCH3 is 2. The van der Waals surface area contributed by atoms with E-state index in [4.69, 9.17) is 21.7 Å². The van der Waals surface area contributed by atoms with Gasteiger partial charge in [0.05, 0.1) is 22.5 Å². The van der Waals surface area contributed by atoms with Crippen LogP contribution in [-0.2, 0) is 16.1 Å². The van der Waals surface area contributed by atoms with Crippen LogP contribution in [0.4, 0.5) is 0 Å². The van der Waals surface area contributed by atoms with Gasteiger partial charge < -0.3 is 24.1 Å². The maximum absolute atomic E-state index is 11.8. The third kappa shape index (κ3) is 3.06. The van der Waals surface area contributed by atoms with Gasteiger partial charge in [-0.25, -0.2) is 4.79 Å². The first-order valence-corrected chi connectivity index (χ1v) is 9.19. The van der Waals surface area contributed by atoms with Crippen molar-refractivity contribution in [3.05, 3.63) is 41.5 Å². The Balaban J connectivity index is 1.81. The molecule has 29 heavy (non-hydrogen) atoms. The molecule has 152 valence electrons. The van der Waals surface area contributed by atoms with Crippen molar-refractivity contribution in [3.63, 3.8) is 0 Å². The number of cyclic esters (lactones) is 1. The summed E-state index contributed by atoms with van der Waals surface area (Å²) in [7, 11) is -0.173. The average molecular weight is 400 g/mol. The van der Waals surface area contributed by atoms with Gasteiger partial charge in [-0.1, -0.05) is 6.07 Å². The van der Waals surface area contributed by atoms with E-state index in [0.29, 0.717) is 24.0 Å². The number of ether oxygens (including phenoxy) is 4. The molecule has 1 saturated carbocycles. The standard InChI is InChI=1S/C22H22O7/c1-12(22(8-9-22)21(24)25)29-18-15(6-7-17(26-2)19(18)27-3)13-4-5-16-14(10-13)11-28-20(16)23/h4-7,10,12H,8-9,11H2,1-3H3,(H,24,25)/i2D2. The van der Waals surface area contributed by atoms with Crippen LogP contribution in [0.2, 0.25) is 0 Å². The van der Waals surface area contributed by atoms with E-state index in [-0.39, 0.29) is 29.8 Å². The SMILES string of the molecule is [2H]C([2H])Oc1ccc(-c2ccc3c(c2)COC3=O)c(OC(C)C2(C(=O)O)CC2)c1OC. The fourth-order valence-corrected chi connectivity index (χ4v) is 3.69. The highest BCUT2D eigenvalue weighted by Crippen LogP contribution is 2.53. The number of fused-ring (bicyclic) bond motifs is 1. The van der Waals surface area contributed by atoms with Gasteiger partial charge in [0.1, 0.15) is 18.1 Å². The monoisotopic (exact) mass is 400 g/mol. The molecule has 1 unspecified atom stereocenters. The summed E-state index contributed by atoms with van der Waals surface area (Å²) in [4.78, 5) is 23.5. The molecule has 1 N–H and O–H groups in total. The van der Waals surface area contributed by atoms with Crippen LogP contribution >= 0.6 is 0 Å². The maximum Gasteiger partial charge on any atom is 0.338 e. The third-order valence-corrected chi connectivity index (χ3v) is 5.69. The van der Waals surface area contributed by atoms with Crippen molar-refractivity contribution >= 4 is 11.9 Å². The van der Waals surface area contributed by atoms with Crippen molar-refractivity contribution in [2.45, 2.75) is 32.5 Å². The zero-order valence-corrected chi connectivity index (χ0v) is 16.1. The van der Waals surface area contributed by atoms with Crippen LogP contribution in [0.15, 0.2) is 30.3 Å². The summed E-state index contributed by atoms with van der Waals surface area (Å²) >= 11 is 0. The fourth-order valence-electron chi connectivity index (χ4n) is 3.69. The van der Waals surface area contributed by atoms with E-state index in [9.17, 15) is 14.7 Å². The predicted octanol–water partition coefficient (Wildman–Crippen LogP) is 3.67. The Labute approximate surface area is 171 Å². The number of carboxylic acid groups (broad SMARTS) is 1. The van der Waals surface area contributed by atoms with Crippen LogP contribution in [0, 0.1) is 5.41 Å². The van der Waals surface area contributed by atoms with Gasteiger partial charge in [0.2, 0.25) is 5.75 Å². The number of carbonyl (C=O) groups excluding carboxylic acids is 1. The first kappa shape index (κ1) is 16.7. The largest absolute Gasteiger partial charge is 0.493 e. The average Bonchev–Trinajstić information content (AvgIpc) is 3.47. The Morgan fingerprint density at radius 1 is 1.21 bits per heavy atom. The number of aliphatic carboxylic acids is 1. The lowest BCUT2D eigenvalue weighted by Gasteiger charge is -2.25. The minimum atomic E-state index is -1.58. The molecule has 0 bridgehead atoms. The van der Waals surface area contributed by atoms with Gasteiger partial charge in [-0.15, -0.1) is 0 Å². The smallest absolute Gasteiger partial charge is 0.338 e. The number of benzene rings is 2. The van der Waals surface area contributed by atoms with E-state index in [1.807, 2.05) is 6.07 Å². The zero-order valence-electron chi connectivity index (χ0n) is 18.1. The van der Waals surface area contributed by atoms with Crippen LogP contribution in [-0.4, -0.2) is 37.3 Å². The van der Waals surface area contributed by atoms with Crippen LogP contribution in [0.1, 0.15) is 38.4 Å². The summed E-state index contributed by atoms with van der Waals surface area (Å²) in [5, 5.41) is 9.64. The minimum Gasteiger partial charge on any atom is -0.493 e. The highest BCUT2D eigenvalue weighted by Gasteiger charge is 2.56. The van der Waals surface area contributed by atoms with Crippen molar-refractivity contribution in [1.82, 2.24) is 0 Å². The molecule has 1 atom stereocenters. The van der Waals surface area contributed by atoms with E-state index in [0.717, 1.165) is 11.1 Å². The summed E-state index contributed by atoms with van der Waals surface area (Å²) in [6, 6.07) is 8.51. The number of rotatable bonds is 7. The van der Waals surface area contributed by atoms with Gasteiger partial charge in [-0.2, -0.15) is 0 Å². The summed E-state index contributed by atoms with van der Waals surface area (Å²) in [6.07, 6.45) is 0.365. The highest BCUT2D eigenvalue weighted by molar-refractivity contribution is 5.94. The molecule has 0 spiro atoms. The van der Waals surface area contributed by atoms with Gasteiger partial charge in [0.15, 0.2) is 11.5 Å². The van der Waals surface area contributed by atoms with Crippen molar-refractivity contribution < 1.29 is 36.4 Å². The molecule has 2 aliphatic rings.